The average Bonchev–Trinajstić information content (AvgIpc) is 3.48. The van der Waals surface area contributed by atoms with Gasteiger partial charge in [0.05, 0.1) is 24.0 Å². The van der Waals surface area contributed by atoms with Gasteiger partial charge >= 0.3 is 0 Å². The van der Waals surface area contributed by atoms with Crippen LogP contribution in [0.1, 0.15) is 36.4 Å². The molecule has 1 saturated heterocycles. The van der Waals surface area contributed by atoms with E-state index in [2.05, 4.69) is 54.4 Å². The van der Waals surface area contributed by atoms with Crippen LogP contribution in [0.4, 0.5) is 5.82 Å². The van der Waals surface area contributed by atoms with E-state index in [0.717, 1.165) is 55.7 Å². The first-order valence-corrected chi connectivity index (χ1v) is 11.8. The average molecular weight is 447 g/mol. The van der Waals surface area contributed by atoms with Gasteiger partial charge in [0.25, 0.3) is 0 Å². The van der Waals surface area contributed by atoms with Gasteiger partial charge in [0.15, 0.2) is 0 Å². The molecule has 32 heavy (non-hydrogen) atoms. The third-order valence-corrected chi connectivity index (χ3v) is 6.61. The van der Waals surface area contributed by atoms with Gasteiger partial charge in [0, 0.05) is 32.1 Å². The van der Waals surface area contributed by atoms with Crippen molar-refractivity contribution in [3.63, 3.8) is 0 Å². The highest BCUT2D eigenvalue weighted by atomic mass is 32.1. The van der Waals surface area contributed by atoms with Gasteiger partial charge in [-0.3, -0.25) is 9.69 Å². The summed E-state index contributed by atoms with van der Waals surface area (Å²) < 4.78 is 10.6. The van der Waals surface area contributed by atoms with E-state index < -0.39 is 0 Å². The van der Waals surface area contributed by atoms with Crippen LogP contribution < -0.4 is 5.32 Å². The largest absolute Gasteiger partial charge is 0.311 e. The number of hydrogen-bond acceptors (Lipinski definition) is 6. The minimum atomic E-state index is 0.0277. The highest BCUT2D eigenvalue weighted by molar-refractivity contribution is 7.00. The van der Waals surface area contributed by atoms with Crippen LogP contribution in [0.25, 0.3) is 11.0 Å². The van der Waals surface area contributed by atoms with Crippen molar-refractivity contribution in [3.05, 3.63) is 71.9 Å². The lowest BCUT2D eigenvalue weighted by Gasteiger charge is -2.32. The lowest BCUT2D eigenvalue weighted by atomic mass is 10.0. The Morgan fingerprint density at radius 3 is 2.66 bits per heavy atom. The summed E-state index contributed by atoms with van der Waals surface area (Å²) in [6.45, 7) is 2.92. The molecule has 5 rings (SSSR count). The monoisotopic (exact) mass is 446 g/mol. The number of piperidine rings is 1. The molecular weight excluding hydrogens is 420 g/mol. The van der Waals surface area contributed by atoms with E-state index in [9.17, 15) is 4.79 Å². The molecule has 1 aliphatic heterocycles. The second-order valence-corrected chi connectivity index (χ2v) is 8.82. The lowest BCUT2D eigenvalue weighted by Crippen LogP contribution is -2.35. The van der Waals surface area contributed by atoms with Crippen molar-refractivity contribution in [1.82, 2.24) is 23.4 Å². The van der Waals surface area contributed by atoms with E-state index in [1.54, 1.807) is 6.20 Å². The van der Waals surface area contributed by atoms with Gasteiger partial charge in [-0.1, -0.05) is 36.4 Å². The molecule has 1 fully saturated rings. The van der Waals surface area contributed by atoms with Gasteiger partial charge < -0.3 is 5.32 Å². The zero-order valence-electron chi connectivity index (χ0n) is 17.9. The molecule has 4 aromatic rings. The maximum atomic E-state index is 12.5. The van der Waals surface area contributed by atoms with Crippen LogP contribution in [-0.2, 0) is 17.8 Å². The lowest BCUT2D eigenvalue weighted by molar-refractivity contribution is -0.116. The summed E-state index contributed by atoms with van der Waals surface area (Å²) in [5.41, 5.74) is 4.39. The minimum Gasteiger partial charge on any atom is -0.311 e. The van der Waals surface area contributed by atoms with Crippen molar-refractivity contribution < 1.29 is 4.79 Å². The molecule has 2 aromatic carbocycles. The number of aryl methyl sites for hydroxylation is 1. The predicted molar refractivity (Wildman–Crippen MR) is 127 cm³/mol. The Kier molecular flexibility index (Phi) is 6.22. The summed E-state index contributed by atoms with van der Waals surface area (Å²) in [6.07, 6.45) is 4.99. The van der Waals surface area contributed by atoms with Gasteiger partial charge in [-0.2, -0.15) is 13.8 Å². The van der Waals surface area contributed by atoms with E-state index in [-0.39, 0.29) is 5.91 Å². The molecular formula is C24H26N6OS. The highest BCUT2D eigenvalue weighted by Crippen LogP contribution is 2.27. The van der Waals surface area contributed by atoms with Gasteiger partial charge in [-0.15, -0.1) is 0 Å². The zero-order valence-corrected chi connectivity index (χ0v) is 18.7. The van der Waals surface area contributed by atoms with Crippen LogP contribution in [0.3, 0.4) is 0 Å². The van der Waals surface area contributed by atoms with E-state index in [1.165, 1.54) is 22.9 Å². The fourth-order valence-corrected chi connectivity index (χ4v) is 4.84. The number of fused-ring (bicyclic) bond motifs is 1. The molecule has 1 aliphatic rings. The third kappa shape index (κ3) is 4.87. The Morgan fingerprint density at radius 1 is 1.00 bits per heavy atom. The summed E-state index contributed by atoms with van der Waals surface area (Å²) in [7, 11) is 0. The molecule has 7 nitrogen and oxygen atoms in total. The third-order valence-electron chi connectivity index (χ3n) is 6.05. The molecule has 0 unspecified atom stereocenters. The summed E-state index contributed by atoms with van der Waals surface area (Å²) in [4.78, 5) is 14.9. The molecule has 0 spiro atoms. The number of likely N-dealkylation sites (tertiary alicyclic amines) is 1. The molecule has 0 aliphatic carbocycles. The summed E-state index contributed by atoms with van der Waals surface area (Å²) in [6, 6.07) is 18.6. The number of nitrogens with one attached hydrogen (secondary N) is 1. The number of anilines is 1. The topological polar surface area (TPSA) is 75.9 Å². The van der Waals surface area contributed by atoms with Crippen molar-refractivity contribution in [3.8, 4) is 0 Å². The SMILES string of the molecule is O=C(CCc1ccccc1)Nc1ccnn1C1CCN(Cc2ccc3nsnc3c2)CC1. The minimum absolute atomic E-state index is 0.0277. The molecule has 0 radical (unpaired) electrons. The predicted octanol–water partition coefficient (Wildman–Crippen LogP) is 4.30. The number of nitrogens with zero attached hydrogens (tertiary/aromatic N) is 5. The molecule has 164 valence electrons. The summed E-state index contributed by atoms with van der Waals surface area (Å²) in [5, 5.41) is 7.58. The van der Waals surface area contributed by atoms with Crippen LogP contribution in [-0.4, -0.2) is 42.4 Å². The van der Waals surface area contributed by atoms with Crippen LogP contribution >= 0.6 is 11.7 Å². The van der Waals surface area contributed by atoms with Crippen molar-refractivity contribution in [2.75, 3.05) is 18.4 Å². The fraction of sp³-hybridized carbons (Fsp3) is 0.333. The number of aromatic nitrogens is 4. The van der Waals surface area contributed by atoms with Gasteiger partial charge in [0.1, 0.15) is 16.9 Å². The Bertz CT molecular complexity index is 1180. The molecule has 3 heterocycles. The normalized spacial score (nSPS) is 15.2. The number of amides is 1. The summed E-state index contributed by atoms with van der Waals surface area (Å²) in [5.74, 6) is 0.822. The zero-order chi connectivity index (χ0) is 21.8. The number of carbonyl (C=O) groups excluding carboxylic acids is 1. The first kappa shape index (κ1) is 20.8. The second-order valence-electron chi connectivity index (χ2n) is 8.29. The first-order chi connectivity index (χ1) is 15.7. The van der Waals surface area contributed by atoms with Crippen LogP contribution in [0.5, 0.6) is 0 Å². The molecule has 1 amide bonds. The van der Waals surface area contributed by atoms with E-state index in [0.29, 0.717) is 12.5 Å². The molecule has 0 bridgehead atoms. The van der Waals surface area contributed by atoms with E-state index in [1.807, 2.05) is 28.9 Å². The molecule has 0 atom stereocenters. The van der Waals surface area contributed by atoms with Gasteiger partial charge in [0.2, 0.25) is 5.91 Å². The van der Waals surface area contributed by atoms with Crippen LogP contribution in [0.15, 0.2) is 60.8 Å². The Balaban J connectivity index is 1.14. The number of carbonyl (C=O) groups is 1. The van der Waals surface area contributed by atoms with Gasteiger partial charge in [-0.25, -0.2) is 4.68 Å². The molecule has 8 heteroatoms. The van der Waals surface area contributed by atoms with Crippen LogP contribution in [0, 0.1) is 0 Å². The Morgan fingerprint density at radius 2 is 1.81 bits per heavy atom. The fourth-order valence-electron chi connectivity index (χ4n) is 4.32. The number of benzene rings is 2. The standard InChI is InChI=1S/C24H26N6OS/c31-24(9-7-18-4-2-1-3-5-18)26-23-10-13-25-30(23)20-11-14-29(15-12-20)17-19-6-8-21-22(16-19)28-32-27-21/h1-6,8,10,13,16,20H,7,9,11-12,14-15,17H2,(H,26,31). The van der Waals surface area contributed by atoms with Gasteiger partial charge in [-0.05, 0) is 42.5 Å². The Hall–Kier alpha value is -3.10. The van der Waals surface area contributed by atoms with E-state index >= 15 is 0 Å². The number of hydrogen-bond donors (Lipinski definition) is 1. The van der Waals surface area contributed by atoms with Crippen molar-refractivity contribution in [1.29, 1.82) is 0 Å². The molecule has 1 N–H and O–H groups in total. The highest BCUT2D eigenvalue weighted by Gasteiger charge is 2.23. The van der Waals surface area contributed by atoms with Crippen molar-refractivity contribution in [2.45, 2.75) is 38.3 Å². The van der Waals surface area contributed by atoms with Crippen LogP contribution in [0.2, 0.25) is 0 Å². The van der Waals surface area contributed by atoms with E-state index in [4.69, 9.17) is 0 Å². The van der Waals surface area contributed by atoms with Crippen molar-refractivity contribution in [2.24, 2.45) is 0 Å². The van der Waals surface area contributed by atoms with Crippen molar-refractivity contribution >= 4 is 34.5 Å². The second kappa shape index (κ2) is 9.58. The Labute approximate surface area is 191 Å². The molecule has 0 saturated carbocycles. The summed E-state index contributed by atoms with van der Waals surface area (Å²) >= 11 is 1.26. The number of rotatable bonds is 7. The molecule has 2 aromatic heterocycles. The maximum absolute atomic E-state index is 12.5. The quantitative estimate of drug-likeness (QED) is 0.458. The first-order valence-electron chi connectivity index (χ1n) is 11.1. The maximum Gasteiger partial charge on any atom is 0.225 e. The smallest absolute Gasteiger partial charge is 0.225 e.